The lowest BCUT2D eigenvalue weighted by Crippen LogP contribution is -2.29. The maximum Gasteiger partial charge on any atom is 0.273 e. The van der Waals surface area contributed by atoms with Crippen LogP contribution in [0.4, 0.5) is 0 Å². The van der Waals surface area contributed by atoms with E-state index in [1.807, 2.05) is 42.5 Å². The molecule has 2 N–H and O–H groups in total. The van der Waals surface area contributed by atoms with E-state index < -0.39 is 0 Å². The number of carbonyl (C=O) groups excluding carboxylic acids is 1. The molecule has 0 bridgehead atoms. The van der Waals surface area contributed by atoms with Crippen molar-refractivity contribution < 1.29 is 14.8 Å². The normalized spacial score (nSPS) is 11.5. The Morgan fingerprint density at radius 2 is 1.78 bits per heavy atom. The van der Waals surface area contributed by atoms with Gasteiger partial charge in [-0.05, 0) is 11.1 Å². The molecule has 118 valence electrons. The van der Waals surface area contributed by atoms with Crippen LogP contribution in [0.5, 0.6) is 0 Å². The standard InChI is InChI=1S/C17H17N3O3/c1-18-17(21)16(20-23-2)15-10-6-5-9-14(15)13-8-4-3-7-12(13)11-19-22/h3-11,22H,1-2H3,(H,18,21)/b19-11+,20-16+. The molecule has 0 heterocycles. The second-order valence-electron chi connectivity index (χ2n) is 4.58. The number of hydrogen-bond donors (Lipinski definition) is 2. The number of benzene rings is 2. The smallest absolute Gasteiger partial charge is 0.273 e. The molecule has 0 saturated heterocycles. The average Bonchev–Trinajstić information content (AvgIpc) is 2.60. The number of nitrogens with one attached hydrogen (secondary N) is 1. The van der Waals surface area contributed by atoms with Crippen LogP contribution in [0.1, 0.15) is 11.1 Å². The number of nitrogens with zero attached hydrogens (tertiary/aromatic N) is 2. The molecule has 6 heteroatoms. The molecule has 23 heavy (non-hydrogen) atoms. The van der Waals surface area contributed by atoms with Gasteiger partial charge in [-0.3, -0.25) is 4.79 Å². The molecule has 0 fully saturated rings. The quantitative estimate of drug-likeness (QED) is 0.505. The van der Waals surface area contributed by atoms with E-state index in [0.29, 0.717) is 5.56 Å². The predicted molar refractivity (Wildman–Crippen MR) is 88.9 cm³/mol. The Hall–Kier alpha value is -3.15. The van der Waals surface area contributed by atoms with Crippen LogP contribution in [0.25, 0.3) is 11.1 Å². The van der Waals surface area contributed by atoms with Crippen molar-refractivity contribution in [3.05, 3.63) is 59.7 Å². The highest BCUT2D eigenvalue weighted by atomic mass is 16.6. The molecule has 2 aromatic carbocycles. The maximum absolute atomic E-state index is 12.1. The molecule has 0 aliphatic rings. The van der Waals surface area contributed by atoms with Gasteiger partial charge in [0.15, 0.2) is 5.71 Å². The van der Waals surface area contributed by atoms with E-state index in [4.69, 9.17) is 10.0 Å². The molecule has 0 aromatic heterocycles. The van der Waals surface area contributed by atoms with E-state index >= 15 is 0 Å². The van der Waals surface area contributed by atoms with Crippen molar-refractivity contribution in [2.75, 3.05) is 14.2 Å². The van der Waals surface area contributed by atoms with Crippen LogP contribution in [0.15, 0.2) is 58.8 Å². The largest absolute Gasteiger partial charge is 0.411 e. The first-order chi connectivity index (χ1) is 11.2. The summed E-state index contributed by atoms with van der Waals surface area (Å²) in [6.45, 7) is 0. The third-order valence-electron chi connectivity index (χ3n) is 3.25. The summed E-state index contributed by atoms with van der Waals surface area (Å²) in [6, 6.07) is 14.7. The van der Waals surface area contributed by atoms with Gasteiger partial charge in [0.1, 0.15) is 7.11 Å². The van der Waals surface area contributed by atoms with Crippen LogP contribution < -0.4 is 5.32 Å². The summed E-state index contributed by atoms with van der Waals surface area (Å²) in [6.07, 6.45) is 1.35. The highest BCUT2D eigenvalue weighted by Crippen LogP contribution is 2.27. The Labute approximate surface area is 134 Å². The van der Waals surface area contributed by atoms with Gasteiger partial charge in [0.2, 0.25) is 0 Å². The summed E-state index contributed by atoms with van der Waals surface area (Å²) in [7, 11) is 2.92. The minimum Gasteiger partial charge on any atom is -0.411 e. The highest BCUT2D eigenvalue weighted by molar-refractivity contribution is 6.46. The molecule has 1 amide bonds. The van der Waals surface area contributed by atoms with Crippen molar-refractivity contribution in [2.24, 2.45) is 10.3 Å². The summed E-state index contributed by atoms with van der Waals surface area (Å²) in [4.78, 5) is 16.9. The van der Waals surface area contributed by atoms with Crippen molar-refractivity contribution in [2.45, 2.75) is 0 Å². The first-order valence-corrected chi connectivity index (χ1v) is 6.92. The number of hydrogen-bond acceptors (Lipinski definition) is 5. The molecular formula is C17H17N3O3. The van der Waals surface area contributed by atoms with Crippen molar-refractivity contribution in [3.63, 3.8) is 0 Å². The topological polar surface area (TPSA) is 83.3 Å². The van der Waals surface area contributed by atoms with Crippen LogP contribution in [0, 0.1) is 0 Å². The van der Waals surface area contributed by atoms with Crippen molar-refractivity contribution in [1.29, 1.82) is 0 Å². The van der Waals surface area contributed by atoms with Gasteiger partial charge in [-0.1, -0.05) is 58.8 Å². The Balaban J connectivity index is 2.67. The number of rotatable bonds is 5. The van der Waals surface area contributed by atoms with Crippen molar-refractivity contribution in [3.8, 4) is 11.1 Å². The second-order valence-corrected chi connectivity index (χ2v) is 4.58. The van der Waals surface area contributed by atoms with Gasteiger partial charge < -0.3 is 15.4 Å². The minimum absolute atomic E-state index is 0.168. The van der Waals surface area contributed by atoms with Gasteiger partial charge in [0, 0.05) is 18.2 Å². The number of amides is 1. The molecule has 0 unspecified atom stereocenters. The fourth-order valence-electron chi connectivity index (χ4n) is 2.26. The lowest BCUT2D eigenvalue weighted by atomic mass is 9.93. The molecule has 0 aliphatic heterocycles. The van der Waals surface area contributed by atoms with E-state index in [9.17, 15) is 4.79 Å². The average molecular weight is 311 g/mol. The van der Waals surface area contributed by atoms with Crippen LogP contribution in [0.2, 0.25) is 0 Å². The van der Waals surface area contributed by atoms with Crippen LogP contribution in [0.3, 0.4) is 0 Å². The zero-order valence-corrected chi connectivity index (χ0v) is 12.9. The fraction of sp³-hybridized carbons (Fsp3) is 0.118. The lowest BCUT2D eigenvalue weighted by molar-refractivity contribution is -0.114. The first kappa shape index (κ1) is 16.2. The maximum atomic E-state index is 12.1. The van der Waals surface area contributed by atoms with Gasteiger partial charge in [-0.25, -0.2) is 0 Å². The molecule has 0 radical (unpaired) electrons. The Morgan fingerprint density at radius 3 is 2.43 bits per heavy atom. The van der Waals surface area contributed by atoms with E-state index in [0.717, 1.165) is 16.7 Å². The number of oxime groups is 2. The summed E-state index contributed by atoms with van der Waals surface area (Å²) in [5.74, 6) is -0.354. The molecule has 0 atom stereocenters. The number of likely N-dealkylation sites (N-methyl/N-ethyl adjacent to an activating group) is 1. The first-order valence-electron chi connectivity index (χ1n) is 6.92. The third-order valence-corrected chi connectivity index (χ3v) is 3.25. The minimum atomic E-state index is -0.354. The van der Waals surface area contributed by atoms with E-state index in [-0.39, 0.29) is 11.6 Å². The second kappa shape index (κ2) is 7.74. The fourth-order valence-corrected chi connectivity index (χ4v) is 2.26. The van der Waals surface area contributed by atoms with Gasteiger partial charge >= 0.3 is 0 Å². The van der Waals surface area contributed by atoms with Gasteiger partial charge in [0.05, 0.1) is 6.21 Å². The van der Waals surface area contributed by atoms with Gasteiger partial charge in [-0.15, -0.1) is 0 Å². The Bertz CT molecular complexity index is 754. The Morgan fingerprint density at radius 1 is 1.13 bits per heavy atom. The lowest BCUT2D eigenvalue weighted by Gasteiger charge is -2.12. The monoisotopic (exact) mass is 311 g/mol. The van der Waals surface area contributed by atoms with Crippen molar-refractivity contribution in [1.82, 2.24) is 5.32 Å². The van der Waals surface area contributed by atoms with E-state index in [1.165, 1.54) is 20.4 Å². The summed E-state index contributed by atoms with van der Waals surface area (Å²) < 4.78 is 0. The molecule has 2 rings (SSSR count). The number of carbonyl (C=O) groups is 1. The van der Waals surface area contributed by atoms with Crippen molar-refractivity contribution >= 4 is 17.8 Å². The SMILES string of the molecule is CNC(=O)/C(=N/OC)c1ccccc1-c1ccccc1/C=N/O. The molecule has 6 nitrogen and oxygen atoms in total. The highest BCUT2D eigenvalue weighted by Gasteiger charge is 2.19. The zero-order chi connectivity index (χ0) is 16.7. The van der Waals surface area contributed by atoms with Crippen LogP contribution in [-0.2, 0) is 9.63 Å². The van der Waals surface area contributed by atoms with Crippen LogP contribution >= 0.6 is 0 Å². The van der Waals surface area contributed by atoms with E-state index in [2.05, 4.69) is 15.6 Å². The molecular weight excluding hydrogens is 294 g/mol. The van der Waals surface area contributed by atoms with Gasteiger partial charge in [-0.2, -0.15) is 0 Å². The summed E-state index contributed by atoms with van der Waals surface area (Å²) in [5.41, 5.74) is 3.10. The summed E-state index contributed by atoms with van der Waals surface area (Å²) >= 11 is 0. The van der Waals surface area contributed by atoms with E-state index in [1.54, 1.807) is 6.07 Å². The van der Waals surface area contributed by atoms with Crippen LogP contribution in [-0.4, -0.2) is 37.2 Å². The third kappa shape index (κ3) is 3.55. The summed E-state index contributed by atoms with van der Waals surface area (Å²) in [5, 5.41) is 18.3. The molecule has 0 spiro atoms. The zero-order valence-electron chi connectivity index (χ0n) is 12.9. The molecule has 0 saturated carbocycles. The predicted octanol–water partition coefficient (Wildman–Crippen LogP) is 2.26. The molecule has 0 aliphatic carbocycles. The Kier molecular flexibility index (Phi) is 5.46. The van der Waals surface area contributed by atoms with Gasteiger partial charge in [0.25, 0.3) is 5.91 Å². The molecule has 2 aromatic rings.